The Morgan fingerprint density at radius 3 is 2.65 bits per heavy atom. The fourth-order valence-electron chi connectivity index (χ4n) is 3.17. The smallest absolute Gasteiger partial charge is 0.308 e. The summed E-state index contributed by atoms with van der Waals surface area (Å²) in [5, 5.41) is 3.89. The van der Waals surface area contributed by atoms with E-state index in [9.17, 15) is 9.18 Å². The Labute approximate surface area is 209 Å². The van der Waals surface area contributed by atoms with Crippen molar-refractivity contribution in [1.29, 1.82) is 0 Å². The van der Waals surface area contributed by atoms with Gasteiger partial charge in [-0.2, -0.15) is 0 Å². The molecule has 4 aromatic rings. The maximum absolute atomic E-state index is 13.4. The third kappa shape index (κ3) is 5.92. The first-order chi connectivity index (χ1) is 15.9. The maximum Gasteiger partial charge on any atom is 0.308 e. The number of fused-ring (bicyclic) bond motifs is 1. The van der Waals surface area contributed by atoms with Gasteiger partial charge in [0, 0.05) is 28.9 Å². The van der Waals surface area contributed by atoms with Gasteiger partial charge in [0.1, 0.15) is 30.3 Å². The summed E-state index contributed by atoms with van der Waals surface area (Å²) in [5.74, 6) is 0.960. The van der Waals surface area contributed by atoms with E-state index in [1.807, 2.05) is 6.07 Å². The first kappa shape index (κ1) is 25.2. The number of nitrogens with one attached hydrogen (secondary N) is 1. The molecule has 0 bridgehead atoms. The Balaban J connectivity index is 0.00000324. The van der Waals surface area contributed by atoms with Crippen molar-refractivity contribution < 1.29 is 23.4 Å². The van der Waals surface area contributed by atoms with Gasteiger partial charge in [0.2, 0.25) is 0 Å². The fourth-order valence-corrected chi connectivity index (χ4v) is 3.51. The van der Waals surface area contributed by atoms with E-state index < -0.39 is 5.97 Å². The first-order valence-corrected chi connectivity index (χ1v) is 10.7. The number of hydrogen-bond donors (Lipinski definition) is 1. The number of rotatable bonds is 7. The molecule has 0 fully saturated rings. The number of benzene rings is 3. The highest BCUT2D eigenvalue weighted by molar-refractivity contribution is 9.10. The van der Waals surface area contributed by atoms with Crippen LogP contribution in [0.5, 0.6) is 17.2 Å². The number of methoxy groups -OCH3 is 1. The number of ether oxygens (including phenoxy) is 3. The molecule has 0 amide bonds. The van der Waals surface area contributed by atoms with Gasteiger partial charge in [0.15, 0.2) is 11.5 Å². The zero-order valence-electron chi connectivity index (χ0n) is 18.2. The number of anilines is 2. The monoisotopic (exact) mass is 547 g/mol. The van der Waals surface area contributed by atoms with Crippen LogP contribution in [0.2, 0.25) is 0 Å². The Bertz CT molecular complexity index is 1340. The summed E-state index contributed by atoms with van der Waals surface area (Å²) in [4.78, 5) is 20.1. The second-order valence-electron chi connectivity index (χ2n) is 7.02. The number of carbonyl (C=O) groups excluding carboxylic acids is 1. The van der Waals surface area contributed by atoms with E-state index in [-0.39, 0.29) is 30.6 Å². The molecule has 0 radical (unpaired) electrons. The van der Waals surface area contributed by atoms with Gasteiger partial charge < -0.3 is 19.5 Å². The third-order valence-electron chi connectivity index (χ3n) is 4.66. The lowest BCUT2D eigenvalue weighted by atomic mass is 10.2. The molecule has 0 saturated carbocycles. The lowest BCUT2D eigenvalue weighted by Crippen LogP contribution is -2.04. The average molecular weight is 549 g/mol. The van der Waals surface area contributed by atoms with Crippen LogP contribution in [0.3, 0.4) is 0 Å². The Kier molecular flexibility index (Phi) is 8.25. The molecule has 7 nitrogen and oxygen atoms in total. The molecule has 3 aromatic carbocycles. The van der Waals surface area contributed by atoms with Crippen LogP contribution in [-0.4, -0.2) is 23.0 Å². The molecule has 0 aliphatic carbocycles. The Morgan fingerprint density at radius 2 is 1.91 bits per heavy atom. The van der Waals surface area contributed by atoms with E-state index >= 15 is 0 Å². The van der Waals surface area contributed by atoms with Gasteiger partial charge in [-0.3, -0.25) is 4.79 Å². The molecule has 0 unspecified atom stereocenters. The first-order valence-electron chi connectivity index (χ1n) is 9.88. The van der Waals surface area contributed by atoms with Crippen molar-refractivity contribution in [2.45, 2.75) is 13.5 Å². The summed E-state index contributed by atoms with van der Waals surface area (Å²) in [6.45, 7) is 1.54. The predicted octanol–water partition coefficient (Wildman–Crippen LogP) is 6.21. The van der Waals surface area contributed by atoms with Gasteiger partial charge in [-0.25, -0.2) is 14.4 Å². The molecule has 176 valence electrons. The summed E-state index contributed by atoms with van der Waals surface area (Å²) < 4.78 is 30.6. The largest absolute Gasteiger partial charge is 0.493 e. The van der Waals surface area contributed by atoms with Gasteiger partial charge in [0.25, 0.3) is 0 Å². The van der Waals surface area contributed by atoms with Crippen molar-refractivity contribution in [3.05, 3.63) is 76.8 Å². The zero-order chi connectivity index (χ0) is 23.4. The second-order valence-corrected chi connectivity index (χ2v) is 7.88. The average Bonchev–Trinajstić information content (AvgIpc) is 2.79. The topological polar surface area (TPSA) is 82.6 Å². The maximum atomic E-state index is 13.4. The summed E-state index contributed by atoms with van der Waals surface area (Å²) in [7, 11) is 1.49. The molecule has 4 rings (SSSR count). The fraction of sp³-hybridized carbons (Fsp3) is 0.125. The molecule has 34 heavy (non-hydrogen) atoms. The van der Waals surface area contributed by atoms with Gasteiger partial charge in [-0.05, 0) is 51.8 Å². The van der Waals surface area contributed by atoms with E-state index in [1.165, 1.54) is 32.5 Å². The lowest BCUT2D eigenvalue weighted by Gasteiger charge is -2.14. The molecule has 0 aliphatic rings. The van der Waals surface area contributed by atoms with Crippen LogP contribution in [0.25, 0.3) is 10.9 Å². The summed E-state index contributed by atoms with van der Waals surface area (Å²) in [5.41, 5.74) is 2.02. The van der Waals surface area contributed by atoms with Crippen LogP contribution < -0.4 is 19.5 Å². The number of hydrogen-bond acceptors (Lipinski definition) is 7. The number of carbonyl (C=O) groups is 1. The van der Waals surface area contributed by atoms with E-state index in [0.29, 0.717) is 33.9 Å². The SMILES string of the molecule is COc1cc2ncnc(Nc3cc(OCc4cccc(F)c4)ccc3Br)c2cc1OC(C)=O.Cl. The Hall–Kier alpha value is -3.43. The van der Waals surface area contributed by atoms with Crippen LogP contribution in [0.4, 0.5) is 15.9 Å². The molecule has 0 aliphatic heterocycles. The van der Waals surface area contributed by atoms with E-state index in [1.54, 1.807) is 36.4 Å². The quantitative estimate of drug-likeness (QED) is 0.217. The van der Waals surface area contributed by atoms with Crippen molar-refractivity contribution in [3.8, 4) is 17.2 Å². The number of halogens is 3. The van der Waals surface area contributed by atoms with Crippen LogP contribution in [-0.2, 0) is 11.4 Å². The van der Waals surface area contributed by atoms with Gasteiger partial charge in [-0.15, -0.1) is 12.4 Å². The van der Waals surface area contributed by atoms with Crippen molar-refractivity contribution in [2.75, 3.05) is 12.4 Å². The molecular formula is C24H20BrClFN3O4. The molecular weight excluding hydrogens is 529 g/mol. The number of aromatic nitrogens is 2. The lowest BCUT2D eigenvalue weighted by molar-refractivity contribution is -0.132. The minimum Gasteiger partial charge on any atom is -0.493 e. The predicted molar refractivity (Wildman–Crippen MR) is 133 cm³/mol. The second kappa shape index (κ2) is 11.1. The summed E-state index contributed by atoms with van der Waals surface area (Å²) in [6, 6.07) is 15.0. The Morgan fingerprint density at radius 1 is 1.09 bits per heavy atom. The highest BCUT2D eigenvalue weighted by Gasteiger charge is 2.14. The molecule has 1 aromatic heterocycles. The minimum atomic E-state index is -0.468. The molecule has 1 heterocycles. The van der Waals surface area contributed by atoms with Gasteiger partial charge >= 0.3 is 5.97 Å². The van der Waals surface area contributed by atoms with Crippen LogP contribution >= 0.6 is 28.3 Å². The minimum absolute atomic E-state index is 0. The molecule has 0 spiro atoms. The van der Waals surface area contributed by atoms with Crippen molar-refractivity contribution in [1.82, 2.24) is 9.97 Å². The highest BCUT2D eigenvalue weighted by Crippen LogP contribution is 2.36. The van der Waals surface area contributed by atoms with Crippen LogP contribution in [0.1, 0.15) is 12.5 Å². The summed E-state index contributed by atoms with van der Waals surface area (Å²) in [6.07, 6.45) is 1.42. The molecule has 10 heteroatoms. The molecule has 1 N–H and O–H groups in total. The van der Waals surface area contributed by atoms with Crippen molar-refractivity contribution in [2.24, 2.45) is 0 Å². The number of esters is 1. The van der Waals surface area contributed by atoms with E-state index in [0.717, 1.165) is 10.0 Å². The van der Waals surface area contributed by atoms with E-state index in [2.05, 4.69) is 31.2 Å². The van der Waals surface area contributed by atoms with E-state index in [4.69, 9.17) is 14.2 Å². The standard InChI is InChI=1S/C24H19BrFN3O4.ClH/c1-14(30)33-23-10-18-20(11-22(23)31-2)27-13-28-24(18)29-21-9-17(6-7-19(21)25)32-12-15-4-3-5-16(26)8-15;/h3-11,13H,12H2,1-2H3,(H,27,28,29);1H. The van der Waals surface area contributed by atoms with Crippen molar-refractivity contribution in [3.63, 3.8) is 0 Å². The van der Waals surface area contributed by atoms with Crippen LogP contribution in [0, 0.1) is 5.82 Å². The van der Waals surface area contributed by atoms with Crippen LogP contribution in [0.15, 0.2) is 65.4 Å². The molecule has 0 atom stereocenters. The summed E-state index contributed by atoms with van der Waals surface area (Å²) >= 11 is 3.53. The third-order valence-corrected chi connectivity index (χ3v) is 5.35. The normalized spacial score (nSPS) is 10.4. The van der Waals surface area contributed by atoms with Crippen molar-refractivity contribution >= 4 is 56.7 Å². The highest BCUT2D eigenvalue weighted by atomic mass is 79.9. The number of nitrogens with zero attached hydrogens (tertiary/aromatic N) is 2. The van der Waals surface area contributed by atoms with Gasteiger partial charge in [-0.1, -0.05) is 12.1 Å². The zero-order valence-corrected chi connectivity index (χ0v) is 20.6. The molecule has 0 saturated heterocycles. The van der Waals surface area contributed by atoms with Gasteiger partial charge in [0.05, 0.1) is 18.3 Å².